The van der Waals surface area contributed by atoms with E-state index in [0.717, 1.165) is 41.5 Å². The molecular formula is C37H34N6O5S. The SMILES string of the molecule is CCCCc1nc2c(N)nc3ccccc3c2n1CCNC(=S)Nc1ccc(C2c3ccc(O)cc3Oc3cc(O)ccc32)c(C(=O)O)c1. The number of benzene rings is 4. The zero-order valence-electron chi connectivity index (χ0n) is 26.6. The maximum atomic E-state index is 12.7. The molecule has 0 fully saturated rings. The van der Waals surface area contributed by atoms with E-state index in [4.69, 9.17) is 27.7 Å². The molecule has 0 aliphatic carbocycles. The molecule has 6 aromatic rings. The van der Waals surface area contributed by atoms with Gasteiger partial charge in [-0.15, -0.1) is 0 Å². The number of pyridine rings is 1. The number of aryl methyl sites for hydroxylation is 1. The number of phenols is 2. The number of aromatic carboxylic acids is 1. The van der Waals surface area contributed by atoms with Gasteiger partial charge in [0.2, 0.25) is 0 Å². The lowest BCUT2D eigenvalue weighted by molar-refractivity contribution is 0.0695. The second kappa shape index (κ2) is 13.0. The fraction of sp³-hybridized carbons (Fsp3) is 0.189. The van der Waals surface area contributed by atoms with Crippen molar-refractivity contribution >= 4 is 56.7 Å². The first kappa shape index (κ1) is 31.7. The summed E-state index contributed by atoms with van der Waals surface area (Å²) in [6.45, 7) is 3.19. The van der Waals surface area contributed by atoms with Crippen LogP contribution >= 0.6 is 12.2 Å². The van der Waals surface area contributed by atoms with Gasteiger partial charge in [0, 0.05) is 59.8 Å². The highest BCUT2D eigenvalue weighted by molar-refractivity contribution is 7.80. The average Bonchev–Trinajstić information content (AvgIpc) is 3.45. The van der Waals surface area contributed by atoms with Crippen molar-refractivity contribution < 1.29 is 24.9 Å². The van der Waals surface area contributed by atoms with Gasteiger partial charge >= 0.3 is 5.97 Å². The Morgan fingerprint density at radius 3 is 2.35 bits per heavy atom. The van der Waals surface area contributed by atoms with E-state index in [-0.39, 0.29) is 17.1 Å². The molecule has 1 aliphatic heterocycles. The number of aromatic nitrogens is 3. The van der Waals surface area contributed by atoms with Crippen LogP contribution < -0.4 is 21.1 Å². The van der Waals surface area contributed by atoms with Crippen LogP contribution in [0.4, 0.5) is 11.5 Å². The smallest absolute Gasteiger partial charge is 0.336 e. The molecule has 248 valence electrons. The van der Waals surface area contributed by atoms with Gasteiger partial charge in [-0.2, -0.15) is 0 Å². The number of ether oxygens (including phenoxy) is 1. The first-order chi connectivity index (χ1) is 23.7. The maximum Gasteiger partial charge on any atom is 0.336 e. The predicted molar refractivity (Wildman–Crippen MR) is 193 cm³/mol. The van der Waals surface area contributed by atoms with Gasteiger partial charge in [0.25, 0.3) is 0 Å². The first-order valence-corrected chi connectivity index (χ1v) is 16.4. The Balaban J connectivity index is 1.14. The van der Waals surface area contributed by atoms with Crippen molar-refractivity contribution in [2.45, 2.75) is 38.6 Å². The summed E-state index contributed by atoms with van der Waals surface area (Å²) in [7, 11) is 0. The van der Waals surface area contributed by atoms with Gasteiger partial charge in [0.05, 0.1) is 16.6 Å². The van der Waals surface area contributed by atoms with Crippen LogP contribution in [0.5, 0.6) is 23.0 Å². The van der Waals surface area contributed by atoms with Crippen LogP contribution in [0.25, 0.3) is 21.9 Å². The number of fused-ring (bicyclic) bond motifs is 5. The average molecular weight is 675 g/mol. The molecule has 7 rings (SSSR count). The summed E-state index contributed by atoms with van der Waals surface area (Å²) >= 11 is 5.63. The van der Waals surface area contributed by atoms with E-state index in [1.54, 1.807) is 30.3 Å². The number of imidazole rings is 1. The number of phenolic OH excluding ortho intramolecular Hbond substituents is 2. The molecule has 2 aromatic heterocycles. The summed E-state index contributed by atoms with van der Waals surface area (Å²) < 4.78 is 8.17. The highest BCUT2D eigenvalue weighted by Crippen LogP contribution is 2.50. The van der Waals surface area contributed by atoms with Gasteiger partial charge < -0.3 is 41.0 Å². The Bertz CT molecular complexity index is 2220. The number of nitrogen functional groups attached to an aromatic ring is 1. The molecule has 11 nitrogen and oxygen atoms in total. The quantitative estimate of drug-likeness (QED) is 0.0882. The van der Waals surface area contributed by atoms with Crippen molar-refractivity contribution in [2.24, 2.45) is 0 Å². The topological polar surface area (TPSA) is 168 Å². The number of aromatic hydroxyl groups is 2. The molecule has 3 heterocycles. The first-order valence-electron chi connectivity index (χ1n) is 16.0. The zero-order chi connectivity index (χ0) is 34.2. The number of carbonyl (C=O) groups is 1. The number of hydrogen-bond donors (Lipinski definition) is 6. The summed E-state index contributed by atoms with van der Waals surface area (Å²) in [5.41, 5.74) is 11.3. The third-order valence-electron chi connectivity index (χ3n) is 8.75. The van der Waals surface area contributed by atoms with E-state index in [9.17, 15) is 20.1 Å². The molecule has 0 bridgehead atoms. The van der Waals surface area contributed by atoms with Crippen molar-refractivity contribution in [3.8, 4) is 23.0 Å². The van der Waals surface area contributed by atoms with Crippen LogP contribution in [-0.2, 0) is 13.0 Å². The van der Waals surface area contributed by atoms with Crippen LogP contribution in [0.3, 0.4) is 0 Å². The third-order valence-corrected chi connectivity index (χ3v) is 9.00. The minimum atomic E-state index is -1.11. The van der Waals surface area contributed by atoms with Crippen molar-refractivity contribution in [2.75, 3.05) is 17.6 Å². The molecular weight excluding hydrogens is 641 g/mol. The van der Waals surface area contributed by atoms with Crippen molar-refractivity contribution in [1.82, 2.24) is 19.9 Å². The molecule has 12 heteroatoms. The van der Waals surface area contributed by atoms with Crippen LogP contribution in [0, 0.1) is 0 Å². The number of thiocarbonyl (C=S) groups is 1. The lowest BCUT2D eigenvalue weighted by Crippen LogP contribution is -2.31. The van der Waals surface area contributed by atoms with Gasteiger partial charge in [-0.1, -0.05) is 49.7 Å². The number of anilines is 2. The molecule has 0 radical (unpaired) electrons. The number of unbranched alkanes of at least 4 members (excludes halogenated alkanes) is 1. The Hall–Kier alpha value is -5.88. The molecule has 0 amide bonds. The Kier molecular flexibility index (Phi) is 8.39. The van der Waals surface area contributed by atoms with Gasteiger partial charge in [0.1, 0.15) is 34.3 Å². The monoisotopic (exact) mass is 674 g/mol. The lowest BCUT2D eigenvalue weighted by Gasteiger charge is -2.30. The van der Waals surface area contributed by atoms with Crippen molar-refractivity contribution in [3.05, 3.63) is 107 Å². The summed E-state index contributed by atoms with van der Waals surface area (Å²) in [4.78, 5) is 22.1. The Morgan fingerprint density at radius 2 is 1.65 bits per heavy atom. The van der Waals surface area contributed by atoms with E-state index in [2.05, 4.69) is 27.1 Å². The number of carboxylic acid groups (broad SMARTS) is 1. The number of rotatable bonds is 9. The van der Waals surface area contributed by atoms with E-state index >= 15 is 0 Å². The summed E-state index contributed by atoms with van der Waals surface area (Å²) in [6, 6.07) is 22.4. The predicted octanol–water partition coefficient (Wildman–Crippen LogP) is 6.89. The third kappa shape index (κ3) is 6.02. The summed E-state index contributed by atoms with van der Waals surface area (Å²) in [5, 5.41) is 38.3. The van der Waals surface area contributed by atoms with Crippen molar-refractivity contribution in [3.63, 3.8) is 0 Å². The van der Waals surface area contributed by atoms with E-state index in [0.29, 0.717) is 63.4 Å². The van der Waals surface area contributed by atoms with Crippen LogP contribution in [-0.4, -0.2) is 47.5 Å². The van der Waals surface area contributed by atoms with Crippen molar-refractivity contribution in [1.29, 1.82) is 0 Å². The van der Waals surface area contributed by atoms with E-state index in [1.807, 2.05) is 24.3 Å². The normalized spacial score (nSPS) is 12.3. The standard InChI is InChI=1S/C37H34N6O5S/c1-2-3-8-31-42-33-34(24-6-4-5-7-28(24)41-35(33)38)43(31)16-15-39-37(49)40-20-9-12-23(27(17-20)36(46)47)32-25-13-10-21(44)18-29(25)48-30-19-22(45)11-14-26(30)32/h4-7,9-14,17-19,32,44-45H,2-3,8,15-16H2,1H3,(H2,38,41)(H,46,47)(H2,39,40,49). The fourth-order valence-electron chi connectivity index (χ4n) is 6.52. The van der Waals surface area contributed by atoms with Gasteiger partial charge in [-0.05, 0) is 54.5 Å². The summed E-state index contributed by atoms with van der Waals surface area (Å²) in [6.07, 6.45) is 2.82. The summed E-state index contributed by atoms with van der Waals surface area (Å²) in [5.74, 6) is 0.462. The second-order valence-electron chi connectivity index (χ2n) is 12.0. The number of nitrogens with one attached hydrogen (secondary N) is 2. The Labute approximate surface area is 287 Å². The molecule has 7 N–H and O–H groups in total. The Morgan fingerprint density at radius 1 is 0.959 bits per heavy atom. The molecule has 0 spiro atoms. The van der Waals surface area contributed by atoms with E-state index < -0.39 is 11.9 Å². The van der Waals surface area contributed by atoms with Gasteiger partial charge in [-0.3, -0.25) is 0 Å². The lowest BCUT2D eigenvalue weighted by atomic mass is 9.80. The maximum absolute atomic E-state index is 12.7. The number of nitrogens with zero attached hydrogens (tertiary/aromatic N) is 3. The zero-order valence-corrected chi connectivity index (χ0v) is 27.4. The van der Waals surface area contributed by atoms with Crippen LogP contribution in [0.1, 0.15) is 58.6 Å². The number of carboxylic acids is 1. The number of nitrogens with two attached hydrogens (primary N) is 1. The number of hydrogen-bond acceptors (Lipinski definition) is 8. The minimum absolute atomic E-state index is 0.00743. The highest BCUT2D eigenvalue weighted by Gasteiger charge is 2.32. The molecule has 0 saturated carbocycles. The molecule has 49 heavy (non-hydrogen) atoms. The van der Waals surface area contributed by atoms with Gasteiger partial charge in [0.15, 0.2) is 10.9 Å². The molecule has 4 aromatic carbocycles. The molecule has 0 atom stereocenters. The van der Waals surface area contributed by atoms with Gasteiger partial charge in [-0.25, -0.2) is 14.8 Å². The van der Waals surface area contributed by atoms with Crippen LogP contribution in [0.15, 0.2) is 78.9 Å². The molecule has 1 aliphatic rings. The second-order valence-corrected chi connectivity index (χ2v) is 12.4. The highest BCUT2D eigenvalue weighted by atomic mass is 32.1. The number of para-hydroxylation sites is 1. The largest absolute Gasteiger partial charge is 0.508 e. The van der Waals surface area contributed by atoms with Crippen LogP contribution in [0.2, 0.25) is 0 Å². The van der Waals surface area contributed by atoms with E-state index in [1.165, 1.54) is 24.3 Å². The molecule has 0 unspecified atom stereocenters. The minimum Gasteiger partial charge on any atom is -0.508 e. The molecule has 0 saturated heterocycles. The fourth-order valence-corrected chi connectivity index (χ4v) is 6.74.